The third-order valence-corrected chi connectivity index (χ3v) is 2.01. The lowest BCUT2D eigenvalue weighted by atomic mass is 10.1. The van der Waals surface area contributed by atoms with Gasteiger partial charge in [-0.1, -0.05) is 57.7 Å². The molecular weight excluding hydrogens is 206 g/mol. The quantitative estimate of drug-likeness (QED) is 0.436. The van der Waals surface area contributed by atoms with Crippen LogP contribution in [0.4, 0.5) is 0 Å². The van der Waals surface area contributed by atoms with Gasteiger partial charge in [0.2, 0.25) is 0 Å². The lowest BCUT2D eigenvalue weighted by Crippen LogP contribution is -1.81. The van der Waals surface area contributed by atoms with E-state index >= 15 is 0 Å². The van der Waals surface area contributed by atoms with Crippen molar-refractivity contribution in [3.63, 3.8) is 0 Å². The smallest absolute Gasteiger partial charge is 0.0270 e. The lowest BCUT2D eigenvalue weighted by molar-refractivity contribution is 0.829. The van der Waals surface area contributed by atoms with E-state index in [1.54, 1.807) is 12.3 Å². The fraction of sp³-hybridized carbons (Fsp3) is 0.312. The van der Waals surface area contributed by atoms with Gasteiger partial charge < -0.3 is 0 Å². The Balaban J connectivity index is 4.26. The standard InChI is InChI=1S/C16H23N/c1-5-7-8-9-13-17-14-12-16(6-2)11-10-15(3)4/h5,7-15H,1,6H2,2-4H3/b8-7+,11-10+,13-9+,16-12+,17-14-. The summed E-state index contributed by atoms with van der Waals surface area (Å²) in [6, 6.07) is 0. The molecule has 0 heterocycles. The third kappa shape index (κ3) is 10.6. The first-order valence-electron chi connectivity index (χ1n) is 6.05. The van der Waals surface area contributed by atoms with E-state index in [9.17, 15) is 0 Å². The number of hydrogen-bond donors (Lipinski definition) is 0. The molecule has 0 aromatic carbocycles. The van der Waals surface area contributed by atoms with Gasteiger partial charge in [0.15, 0.2) is 0 Å². The minimum Gasteiger partial charge on any atom is -0.265 e. The molecule has 0 aliphatic rings. The van der Waals surface area contributed by atoms with Gasteiger partial charge in [-0.05, 0) is 30.1 Å². The Bertz CT molecular complexity index is 339. The average molecular weight is 229 g/mol. The normalized spacial score (nSPS) is 14.0. The van der Waals surface area contributed by atoms with E-state index in [-0.39, 0.29) is 0 Å². The maximum atomic E-state index is 4.16. The van der Waals surface area contributed by atoms with Gasteiger partial charge in [0.1, 0.15) is 0 Å². The highest BCUT2D eigenvalue weighted by Crippen LogP contribution is 2.04. The molecule has 17 heavy (non-hydrogen) atoms. The van der Waals surface area contributed by atoms with Crippen LogP contribution in [-0.2, 0) is 0 Å². The molecule has 0 aromatic heterocycles. The molecule has 0 rings (SSSR count). The van der Waals surface area contributed by atoms with Crippen molar-refractivity contribution in [2.75, 3.05) is 0 Å². The van der Waals surface area contributed by atoms with Gasteiger partial charge in [-0.2, -0.15) is 0 Å². The molecule has 0 spiro atoms. The van der Waals surface area contributed by atoms with Crippen LogP contribution < -0.4 is 0 Å². The molecule has 1 nitrogen and oxygen atoms in total. The van der Waals surface area contributed by atoms with Gasteiger partial charge >= 0.3 is 0 Å². The van der Waals surface area contributed by atoms with E-state index in [1.807, 2.05) is 30.5 Å². The van der Waals surface area contributed by atoms with E-state index < -0.39 is 0 Å². The van der Waals surface area contributed by atoms with Crippen molar-refractivity contribution in [2.24, 2.45) is 10.9 Å². The van der Waals surface area contributed by atoms with Crippen LogP contribution in [0.2, 0.25) is 0 Å². The summed E-state index contributed by atoms with van der Waals surface area (Å²) < 4.78 is 0. The molecule has 0 aliphatic heterocycles. The van der Waals surface area contributed by atoms with Crippen LogP contribution >= 0.6 is 0 Å². The largest absolute Gasteiger partial charge is 0.265 e. The Hall–Kier alpha value is -1.63. The first-order valence-corrected chi connectivity index (χ1v) is 6.05. The van der Waals surface area contributed by atoms with Crippen LogP contribution in [0.1, 0.15) is 27.2 Å². The van der Waals surface area contributed by atoms with E-state index in [2.05, 4.69) is 44.5 Å². The minimum atomic E-state index is 0.589. The molecule has 0 bridgehead atoms. The Morgan fingerprint density at radius 1 is 1.24 bits per heavy atom. The van der Waals surface area contributed by atoms with Crippen LogP contribution in [-0.4, -0.2) is 6.21 Å². The highest BCUT2D eigenvalue weighted by atomic mass is 14.6. The van der Waals surface area contributed by atoms with Gasteiger partial charge in [0, 0.05) is 12.4 Å². The fourth-order valence-electron chi connectivity index (χ4n) is 1.04. The molecule has 0 saturated heterocycles. The number of nitrogens with zero attached hydrogens (tertiary/aromatic N) is 1. The zero-order chi connectivity index (χ0) is 12.9. The molecule has 0 N–H and O–H groups in total. The summed E-state index contributed by atoms with van der Waals surface area (Å²) in [6.45, 7) is 10.1. The highest BCUT2D eigenvalue weighted by Gasteiger charge is 1.87. The second-order valence-electron chi connectivity index (χ2n) is 3.96. The zero-order valence-electron chi connectivity index (χ0n) is 11.1. The van der Waals surface area contributed by atoms with Crippen LogP contribution in [0.3, 0.4) is 0 Å². The highest BCUT2D eigenvalue weighted by molar-refractivity contribution is 5.73. The van der Waals surface area contributed by atoms with Gasteiger partial charge in [-0.25, -0.2) is 0 Å². The molecule has 0 radical (unpaired) electrons. The molecule has 0 unspecified atom stereocenters. The van der Waals surface area contributed by atoms with Crippen molar-refractivity contribution in [1.82, 2.24) is 0 Å². The molecule has 0 amide bonds. The Morgan fingerprint density at radius 2 is 2.00 bits per heavy atom. The number of aliphatic imine (C=N–C) groups is 1. The minimum absolute atomic E-state index is 0.589. The maximum absolute atomic E-state index is 4.16. The summed E-state index contributed by atoms with van der Waals surface area (Å²) in [7, 11) is 0. The fourth-order valence-corrected chi connectivity index (χ4v) is 1.04. The average Bonchev–Trinajstić information content (AvgIpc) is 2.31. The lowest BCUT2D eigenvalue weighted by Gasteiger charge is -1.96. The van der Waals surface area contributed by atoms with Crippen LogP contribution in [0.25, 0.3) is 0 Å². The van der Waals surface area contributed by atoms with Crippen molar-refractivity contribution < 1.29 is 0 Å². The first-order chi connectivity index (χ1) is 8.20. The summed E-state index contributed by atoms with van der Waals surface area (Å²) >= 11 is 0. The maximum Gasteiger partial charge on any atom is 0.0270 e. The Kier molecular flexibility index (Phi) is 9.83. The van der Waals surface area contributed by atoms with Crippen molar-refractivity contribution >= 4 is 6.21 Å². The topological polar surface area (TPSA) is 12.4 Å². The number of hydrogen-bond acceptors (Lipinski definition) is 1. The van der Waals surface area contributed by atoms with Crippen LogP contribution in [0.15, 0.2) is 65.9 Å². The summed E-state index contributed by atoms with van der Waals surface area (Å²) in [5.41, 5.74) is 1.29. The number of allylic oxidation sites excluding steroid dienone is 8. The predicted octanol–water partition coefficient (Wildman–Crippen LogP) is 4.86. The van der Waals surface area contributed by atoms with Crippen LogP contribution in [0, 0.1) is 5.92 Å². The molecule has 1 heteroatoms. The molecule has 0 saturated carbocycles. The third-order valence-electron chi connectivity index (χ3n) is 2.01. The summed E-state index contributed by atoms with van der Waals surface area (Å²) in [4.78, 5) is 4.16. The van der Waals surface area contributed by atoms with E-state index in [0.29, 0.717) is 5.92 Å². The summed E-state index contributed by atoms with van der Waals surface area (Å²) in [5.74, 6) is 0.589. The molecule has 92 valence electrons. The molecular formula is C16H23N. The Labute approximate surface area is 106 Å². The predicted molar refractivity (Wildman–Crippen MR) is 79.3 cm³/mol. The SMILES string of the molecule is C=C/C=C/C=C/N=C\C=C(\C=C\C(C)C)CC. The van der Waals surface area contributed by atoms with E-state index in [0.717, 1.165) is 6.42 Å². The second-order valence-corrected chi connectivity index (χ2v) is 3.96. The van der Waals surface area contributed by atoms with E-state index in [1.165, 1.54) is 5.57 Å². The van der Waals surface area contributed by atoms with Gasteiger partial charge in [-0.15, -0.1) is 0 Å². The summed E-state index contributed by atoms with van der Waals surface area (Å²) in [5, 5.41) is 0. The van der Waals surface area contributed by atoms with Crippen molar-refractivity contribution in [2.45, 2.75) is 27.2 Å². The van der Waals surface area contributed by atoms with Gasteiger partial charge in [-0.3, -0.25) is 4.99 Å². The van der Waals surface area contributed by atoms with Crippen molar-refractivity contribution in [1.29, 1.82) is 0 Å². The van der Waals surface area contributed by atoms with Gasteiger partial charge in [0.25, 0.3) is 0 Å². The first kappa shape index (κ1) is 15.4. The van der Waals surface area contributed by atoms with E-state index in [4.69, 9.17) is 0 Å². The Morgan fingerprint density at radius 3 is 2.59 bits per heavy atom. The van der Waals surface area contributed by atoms with Crippen LogP contribution in [0.5, 0.6) is 0 Å². The molecule has 0 aliphatic carbocycles. The zero-order valence-corrected chi connectivity index (χ0v) is 11.1. The van der Waals surface area contributed by atoms with Crippen molar-refractivity contribution in [3.8, 4) is 0 Å². The molecule has 0 fully saturated rings. The molecule has 0 aromatic rings. The second kappa shape index (κ2) is 10.9. The van der Waals surface area contributed by atoms with Crippen molar-refractivity contribution in [3.05, 3.63) is 60.9 Å². The monoisotopic (exact) mass is 229 g/mol. The molecule has 0 atom stereocenters. The number of rotatable bonds is 7. The summed E-state index contributed by atoms with van der Waals surface area (Å²) in [6.07, 6.45) is 18.4. The van der Waals surface area contributed by atoms with Gasteiger partial charge in [0.05, 0.1) is 0 Å².